The zero-order valence-electron chi connectivity index (χ0n) is 14.8. The Bertz CT molecular complexity index is 892. The highest BCUT2D eigenvalue weighted by Gasteiger charge is 2.29. The number of rotatable bonds is 7. The third kappa shape index (κ3) is 4.82. The number of benzene rings is 2. The second-order valence-electron chi connectivity index (χ2n) is 6.49. The molecule has 27 heavy (non-hydrogen) atoms. The molecule has 1 aliphatic carbocycles. The van der Waals surface area contributed by atoms with Crippen LogP contribution < -0.4 is 15.4 Å². The maximum Gasteiger partial charge on any atom is 0.228 e. The van der Waals surface area contributed by atoms with E-state index in [2.05, 4.69) is 20.8 Å². The van der Waals surface area contributed by atoms with E-state index in [0.717, 1.165) is 29.8 Å². The Morgan fingerprint density at radius 3 is 2.30 bits per heavy atom. The van der Waals surface area contributed by atoms with Crippen LogP contribution in [-0.2, 0) is 11.4 Å². The first-order chi connectivity index (χ1) is 13.3. The second kappa shape index (κ2) is 7.86. The quantitative estimate of drug-likeness (QED) is 0.662. The summed E-state index contributed by atoms with van der Waals surface area (Å²) in [7, 11) is 0. The van der Waals surface area contributed by atoms with Gasteiger partial charge in [-0.2, -0.15) is 0 Å². The Kier molecular flexibility index (Phi) is 4.96. The van der Waals surface area contributed by atoms with Crippen molar-refractivity contribution in [2.24, 2.45) is 5.92 Å². The van der Waals surface area contributed by atoms with Gasteiger partial charge >= 0.3 is 0 Å². The molecule has 3 aromatic rings. The van der Waals surface area contributed by atoms with Crippen molar-refractivity contribution in [3.8, 4) is 5.75 Å². The summed E-state index contributed by atoms with van der Waals surface area (Å²) in [5.41, 5.74) is 2.01. The monoisotopic (exact) mass is 360 g/mol. The number of carbonyl (C=O) groups is 1. The van der Waals surface area contributed by atoms with Crippen LogP contribution in [0.4, 0.5) is 17.3 Å². The minimum absolute atomic E-state index is 0.0242. The van der Waals surface area contributed by atoms with Crippen LogP contribution in [0, 0.1) is 5.92 Å². The maximum absolute atomic E-state index is 11.7. The van der Waals surface area contributed by atoms with Crippen LogP contribution in [0.5, 0.6) is 5.75 Å². The van der Waals surface area contributed by atoms with Gasteiger partial charge in [0.1, 0.15) is 12.4 Å². The lowest BCUT2D eigenvalue weighted by Gasteiger charge is -2.09. The van der Waals surface area contributed by atoms with Crippen LogP contribution >= 0.6 is 0 Å². The molecule has 0 saturated heterocycles. The van der Waals surface area contributed by atoms with Crippen molar-refractivity contribution in [1.29, 1.82) is 0 Å². The van der Waals surface area contributed by atoms with Crippen LogP contribution in [0.15, 0.2) is 66.7 Å². The van der Waals surface area contributed by atoms with Crippen molar-refractivity contribution in [2.75, 3.05) is 10.6 Å². The molecular weight excluding hydrogens is 340 g/mol. The number of nitrogens with zero attached hydrogens (tertiary/aromatic N) is 2. The van der Waals surface area contributed by atoms with Gasteiger partial charge in [0.15, 0.2) is 11.6 Å². The topological polar surface area (TPSA) is 76.1 Å². The minimum Gasteiger partial charge on any atom is -0.489 e. The fraction of sp³-hybridized carbons (Fsp3) is 0.190. The highest BCUT2D eigenvalue weighted by Crippen LogP contribution is 2.30. The third-order valence-corrected chi connectivity index (χ3v) is 4.24. The summed E-state index contributed by atoms with van der Waals surface area (Å²) in [6.07, 6.45) is 1.92. The average molecular weight is 360 g/mol. The molecule has 136 valence electrons. The normalized spacial score (nSPS) is 13.0. The summed E-state index contributed by atoms with van der Waals surface area (Å²) in [6.45, 7) is 0.535. The van der Waals surface area contributed by atoms with Gasteiger partial charge in [-0.25, -0.2) is 0 Å². The van der Waals surface area contributed by atoms with Crippen LogP contribution in [0.25, 0.3) is 0 Å². The number of carbonyl (C=O) groups excluding carboxylic acids is 1. The smallest absolute Gasteiger partial charge is 0.228 e. The molecule has 0 bridgehead atoms. The highest BCUT2D eigenvalue weighted by molar-refractivity contribution is 5.93. The lowest BCUT2D eigenvalue weighted by atomic mass is 10.2. The van der Waals surface area contributed by atoms with E-state index >= 15 is 0 Å². The molecule has 2 N–H and O–H groups in total. The Hall–Kier alpha value is -3.41. The molecule has 0 radical (unpaired) electrons. The van der Waals surface area contributed by atoms with E-state index in [9.17, 15) is 4.79 Å². The SMILES string of the molecule is O=C(Nc1ccc(Nc2ccc(OCc3ccccc3)cc2)nn1)C1CC1. The molecule has 6 heteroatoms. The molecule has 4 rings (SSSR count). The lowest BCUT2D eigenvalue weighted by Crippen LogP contribution is -2.14. The van der Waals surface area contributed by atoms with Crippen LogP contribution in [-0.4, -0.2) is 16.1 Å². The van der Waals surface area contributed by atoms with Gasteiger partial charge in [-0.15, -0.1) is 10.2 Å². The van der Waals surface area contributed by atoms with Crippen LogP contribution in [0.3, 0.4) is 0 Å². The molecule has 1 aromatic heterocycles. The van der Waals surface area contributed by atoms with Crippen LogP contribution in [0.1, 0.15) is 18.4 Å². The Morgan fingerprint density at radius 1 is 0.926 bits per heavy atom. The summed E-state index contributed by atoms with van der Waals surface area (Å²) in [5.74, 6) is 2.05. The van der Waals surface area contributed by atoms with E-state index in [1.807, 2.05) is 54.6 Å². The van der Waals surface area contributed by atoms with Crippen molar-refractivity contribution in [3.63, 3.8) is 0 Å². The van der Waals surface area contributed by atoms with Crippen LogP contribution in [0.2, 0.25) is 0 Å². The number of anilines is 3. The van der Waals surface area contributed by atoms with E-state index in [1.54, 1.807) is 12.1 Å². The Labute approximate surface area is 157 Å². The molecule has 1 heterocycles. The van der Waals surface area contributed by atoms with Gasteiger partial charge in [0.05, 0.1) is 0 Å². The number of hydrogen-bond donors (Lipinski definition) is 2. The van der Waals surface area contributed by atoms with Crippen molar-refractivity contribution >= 4 is 23.2 Å². The third-order valence-electron chi connectivity index (χ3n) is 4.24. The molecule has 0 aliphatic heterocycles. The van der Waals surface area contributed by atoms with E-state index in [0.29, 0.717) is 18.2 Å². The van der Waals surface area contributed by atoms with Gasteiger partial charge in [0, 0.05) is 11.6 Å². The van der Waals surface area contributed by atoms with Crippen molar-refractivity contribution < 1.29 is 9.53 Å². The first-order valence-electron chi connectivity index (χ1n) is 8.95. The van der Waals surface area contributed by atoms with Crippen molar-refractivity contribution in [1.82, 2.24) is 10.2 Å². The lowest BCUT2D eigenvalue weighted by molar-refractivity contribution is -0.117. The zero-order valence-corrected chi connectivity index (χ0v) is 14.8. The molecule has 1 saturated carbocycles. The van der Waals surface area contributed by atoms with Gasteiger partial charge in [0.2, 0.25) is 5.91 Å². The summed E-state index contributed by atoms with van der Waals surface area (Å²) in [5, 5.41) is 14.1. The largest absolute Gasteiger partial charge is 0.489 e. The van der Waals surface area contributed by atoms with Gasteiger partial charge in [-0.05, 0) is 54.8 Å². The van der Waals surface area contributed by atoms with Gasteiger partial charge in [-0.3, -0.25) is 4.79 Å². The van der Waals surface area contributed by atoms with Gasteiger partial charge < -0.3 is 15.4 Å². The van der Waals surface area contributed by atoms with Gasteiger partial charge in [-0.1, -0.05) is 30.3 Å². The summed E-state index contributed by atoms with van der Waals surface area (Å²) in [4.78, 5) is 11.7. The number of hydrogen-bond acceptors (Lipinski definition) is 5. The highest BCUT2D eigenvalue weighted by atomic mass is 16.5. The molecule has 1 amide bonds. The minimum atomic E-state index is 0.0242. The zero-order chi connectivity index (χ0) is 18.5. The van der Waals surface area contributed by atoms with Gasteiger partial charge in [0.25, 0.3) is 0 Å². The number of aromatic nitrogens is 2. The molecule has 0 atom stereocenters. The summed E-state index contributed by atoms with van der Waals surface area (Å²) < 4.78 is 5.78. The van der Waals surface area contributed by atoms with Crippen molar-refractivity contribution in [3.05, 3.63) is 72.3 Å². The summed E-state index contributed by atoms with van der Waals surface area (Å²) >= 11 is 0. The first kappa shape index (κ1) is 17.0. The number of amides is 1. The average Bonchev–Trinajstić information content (AvgIpc) is 3.55. The molecule has 2 aromatic carbocycles. The predicted molar refractivity (Wildman–Crippen MR) is 104 cm³/mol. The molecule has 0 spiro atoms. The van der Waals surface area contributed by atoms with E-state index in [4.69, 9.17) is 4.74 Å². The predicted octanol–water partition coefficient (Wildman–Crippen LogP) is 4.15. The van der Waals surface area contributed by atoms with E-state index < -0.39 is 0 Å². The standard InChI is InChI=1S/C21H20N4O2/c26-21(16-6-7-16)23-20-13-12-19(24-25-20)22-17-8-10-18(11-9-17)27-14-15-4-2-1-3-5-15/h1-5,8-13,16H,6-7,14H2,(H,22,24)(H,23,25,26). The number of nitrogens with one attached hydrogen (secondary N) is 2. The van der Waals surface area contributed by atoms with Crippen molar-refractivity contribution in [2.45, 2.75) is 19.4 Å². The molecule has 0 unspecified atom stereocenters. The van der Waals surface area contributed by atoms with E-state index in [-0.39, 0.29) is 11.8 Å². The fourth-order valence-electron chi connectivity index (χ4n) is 2.56. The molecule has 1 aliphatic rings. The molecular formula is C21H20N4O2. The maximum atomic E-state index is 11.7. The van der Waals surface area contributed by atoms with E-state index in [1.165, 1.54) is 0 Å². The molecule has 1 fully saturated rings. The fourth-order valence-corrected chi connectivity index (χ4v) is 2.56. The Morgan fingerprint density at radius 2 is 1.63 bits per heavy atom. The molecule has 6 nitrogen and oxygen atoms in total. The Balaban J connectivity index is 1.30. The summed E-state index contributed by atoms with van der Waals surface area (Å²) in [6, 6.07) is 21.2. The second-order valence-corrected chi connectivity index (χ2v) is 6.49. The number of ether oxygens (including phenoxy) is 1. The first-order valence-corrected chi connectivity index (χ1v) is 8.95.